The van der Waals surface area contributed by atoms with Crippen molar-refractivity contribution in [1.29, 1.82) is 0 Å². The van der Waals surface area contributed by atoms with Crippen molar-refractivity contribution in [3.63, 3.8) is 0 Å². The largest absolute Gasteiger partial charge is 0.497 e. The molecule has 0 fully saturated rings. The van der Waals surface area contributed by atoms with Gasteiger partial charge in [-0.25, -0.2) is 4.39 Å². The summed E-state index contributed by atoms with van der Waals surface area (Å²) in [5, 5.41) is 0. The number of ether oxygens (including phenoxy) is 1. The number of rotatable bonds is 3. The number of hydrogen-bond acceptors (Lipinski definition) is 2. The van der Waals surface area contributed by atoms with Gasteiger partial charge in [-0.3, -0.25) is 0 Å². The Morgan fingerprint density at radius 2 is 2.23 bits per heavy atom. The van der Waals surface area contributed by atoms with Gasteiger partial charge in [0.2, 0.25) is 0 Å². The van der Waals surface area contributed by atoms with E-state index in [0.29, 0.717) is 11.3 Å². The Morgan fingerprint density at radius 1 is 1.54 bits per heavy atom. The second-order valence-electron chi connectivity index (χ2n) is 3.13. The molecule has 0 heterocycles. The Kier molecular flexibility index (Phi) is 2.88. The smallest absolute Gasteiger partial charge is 0.145 e. The fourth-order valence-electron chi connectivity index (χ4n) is 1.07. The van der Waals surface area contributed by atoms with Gasteiger partial charge >= 0.3 is 0 Å². The third kappa shape index (κ3) is 2.18. The molecule has 0 aliphatic rings. The molecule has 1 rings (SSSR count). The van der Waals surface area contributed by atoms with Gasteiger partial charge < -0.3 is 10.5 Å². The topological polar surface area (TPSA) is 35.2 Å². The van der Waals surface area contributed by atoms with Crippen LogP contribution in [-0.2, 0) is 5.67 Å². The van der Waals surface area contributed by atoms with Gasteiger partial charge in [0.25, 0.3) is 0 Å². The molecule has 1 atom stereocenters. The first-order valence-corrected chi connectivity index (χ1v) is 4.13. The number of halogens is 1. The first-order chi connectivity index (χ1) is 6.10. The predicted octanol–water partition coefficient (Wildman–Crippen LogP) is 1.84. The van der Waals surface area contributed by atoms with E-state index >= 15 is 0 Å². The van der Waals surface area contributed by atoms with E-state index < -0.39 is 5.67 Å². The fraction of sp³-hybridized carbons (Fsp3) is 0.400. The van der Waals surface area contributed by atoms with E-state index in [1.54, 1.807) is 31.4 Å². The third-order valence-electron chi connectivity index (χ3n) is 2.05. The Hall–Kier alpha value is -1.09. The Bertz CT molecular complexity index is 286. The van der Waals surface area contributed by atoms with Crippen LogP contribution in [0.5, 0.6) is 5.75 Å². The summed E-state index contributed by atoms with van der Waals surface area (Å²) in [6.45, 7) is 1.43. The second kappa shape index (κ2) is 3.75. The van der Waals surface area contributed by atoms with E-state index in [1.165, 1.54) is 6.92 Å². The van der Waals surface area contributed by atoms with Crippen LogP contribution in [0.2, 0.25) is 0 Å². The van der Waals surface area contributed by atoms with Crippen molar-refractivity contribution < 1.29 is 9.13 Å². The molecule has 0 aliphatic heterocycles. The zero-order chi connectivity index (χ0) is 9.90. The maximum atomic E-state index is 13.7. The number of nitrogens with two attached hydrogens (primary N) is 1. The summed E-state index contributed by atoms with van der Waals surface area (Å²) in [6, 6.07) is 6.89. The summed E-state index contributed by atoms with van der Waals surface area (Å²) in [5.41, 5.74) is 4.39. The number of alkyl halides is 1. The normalized spacial score (nSPS) is 15.1. The van der Waals surface area contributed by atoms with E-state index in [-0.39, 0.29) is 6.54 Å². The summed E-state index contributed by atoms with van der Waals surface area (Å²) < 4.78 is 18.7. The number of methoxy groups -OCH3 is 1. The number of benzene rings is 1. The Labute approximate surface area is 77.5 Å². The molecule has 0 aromatic heterocycles. The van der Waals surface area contributed by atoms with Crippen LogP contribution in [0.3, 0.4) is 0 Å². The lowest BCUT2D eigenvalue weighted by Gasteiger charge is -2.18. The molecule has 2 N–H and O–H groups in total. The minimum Gasteiger partial charge on any atom is -0.497 e. The summed E-state index contributed by atoms with van der Waals surface area (Å²) in [6.07, 6.45) is 0. The van der Waals surface area contributed by atoms with Crippen LogP contribution >= 0.6 is 0 Å². The highest BCUT2D eigenvalue weighted by Gasteiger charge is 2.23. The lowest BCUT2D eigenvalue weighted by molar-refractivity contribution is 0.203. The Morgan fingerprint density at radius 3 is 2.77 bits per heavy atom. The summed E-state index contributed by atoms with van der Waals surface area (Å²) in [5.74, 6) is 0.648. The van der Waals surface area contributed by atoms with Crippen LogP contribution in [0, 0.1) is 0 Å². The van der Waals surface area contributed by atoms with Crippen LogP contribution in [0.1, 0.15) is 12.5 Å². The minimum absolute atomic E-state index is 0.0276. The van der Waals surface area contributed by atoms with E-state index in [4.69, 9.17) is 10.5 Å². The molecular formula is C10H14FNO. The van der Waals surface area contributed by atoms with Crippen LogP contribution in [0.15, 0.2) is 24.3 Å². The quantitative estimate of drug-likeness (QED) is 0.776. The van der Waals surface area contributed by atoms with E-state index in [0.717, 1.165) is 0 Å². The summed E-state index contributed by atoms with van der Waals surface area (Å²) in [7, 11) is 1.55. The third-order valence-corrected chi connectivity index (χ3v) is 2.05. The zero-order valence-corrected chi connectivity index (χ0v) is 7.88. The standard InChI is InChI=1S/C10H14FNO/c1-10(11,7-12)8-4-3-5-9(6-8)13-2/h3-6H,7,12H2,1-2H3/t10-/m0/s1. The van der Waals surface area contributed by atoms with E-state index in [2.05, 4.69) is 0 Å². The van der Waals surface area contributed by atoms with Crippen LogP contribution in [-0.4, -0.2) is 13.7 Å². The predicted molar refractivity (Wildman–Crippen MR) is 50.5 cm³/mol. The highest BCUT2D eigenvalue weighted by Crippen LogP contribution is 2.26. The minimum atomic E-state index is -1.48. The SMILES string of the molecule is COc1cccc([C@@](C)(F)CN)c1. The second-order valence-corrected chi connectivity index (χ2v) is 3.13. The van der Waals surface area contributed by atoms with E-state index in [1.807, 2.05) is 0 Å². The highest BCUT2D eigenvalue weighted by molar-refractivity contribution is 5.32. The molecule has 0 amide bonds. The average Bonchev–Trinajstić information content (AvgIpc) is 2.18. The molecule has 3 heteroatoms. The van der Waals surface area contributed by atoms with Gasteiger partial charge in [0.15, 0.2) is 0 Å². The molecule has 0 saturated carbocycles. The molecule has 0 saturated heterocycles. The maximum Gasteiger partial charge on any atom is 0.145 e. The molecule has 0 aliphatic carbocycles. The van der Waals surface area contributed by atoms with Gasteiger partial charge in [0, 0.05) is 6.54 Å². The van der Waals surface area contributed by atoms with Crippen LogP contribution < -0.4 is 10.5 Å². The molecule has 0 spiro atoms. The molecule has 0 unspecified atom stereocenters. The van der Waals surface area contributed by atoms with Crippen molar-refractivity contribution in [2.24, 2.45) is 5.73 Å². The zero-order valence-electron chi connectivity index (χ0n) is 7.88. The maximum absolute atomic E-state index is 13.7. The van der Waals surface area contributed by atoms with Gasteiger partial charge in [0.05, 0.1) is 7.11 Å². The molecule has 0 bridgehead atoms. The molecule has 1 aromatic carbocycles. The van der Waals surface area contributed by atoms with Crippen LogP contribution in [0.25, 0.3) is 0 Å². The summed E-state index contributed by atoms with van der Waals surface area (Å²) in [4.78, 5) is 0. The van der Waals surface area contributed by atoms with Crippen molar-refractivity contribution in [2.75, 3.05) is 13.7 Å². The van der Waals surface area contributed by atoms with Gasteiger partial charge in [-0.1, -0.05) is 12.1 Å². The number of hydrogen-bond donors (Lipinski definition) is 1. The van der Waals surface area contributed by atoms with Crippen LogP contribution in [0.4, 0.5) is 4.39 Å². The van der Waals surface area contributed by atoms with Crippen molar-refractivity contribution in [2.45, 2.75) is 12.6 Å². The molecule has 0 radical (unpaired) electrons. The molecular weight excluding hydrogens is 169 g/mol. The van der Waals surface area contributed by atoms with Gasteiger partial charge in [-0.05, 0) is 24.6 Å². The van der Waals surface area contributed by atoms with Crippen molar-refractivity contribution in [3.05, 3.63) is 29.8 Å². The first kappa shape index (κ1) is 9.99. The monoisotopic (exact) mass is 183 g/mol. The lowest BCUT2D eigenvalue weighted by Crippen LogP contribution is -2.26. The highest BCUT2D eigenvalue weighted by atomic mass is 19.1. The van der Waals surface area contributed by atoms with Gasteiger partial charge in [-0.15, -0.1) is 0 Å². The molecule has 72 valence electrons. The first-order valence-electron chi connectivity index (χ1n) is 4.13. The van der Waals surface area contributed by atoms with E-state index in [9.17, 15) is 4.39 Å². The Balaban J connectivity index is 3.01. The van der Waals surface area contributed by atoms with Crippen molar-refractivity contribution >= 4 is 0 Å². The fourth-order valence-corrected chi connectivity index (χ4v) is 1.07. The van der Waals surface area contributed by atoms with Gasteiger partial charge in [-0.2, -0.15) is 0 Å². The van der Waals surface area contributed by atoms with Crippen molar-refractivity contribution in [3.8, 4) is 5.75 Å². The molecule has 1 aromatic rings. The molecule has 2 nitrogen and oxygen atoms in total. The lowest BCUT2D eigenvalue weighted by atomic mass is 9.98. The summed E-state index contributed by atoms with van der Waals surface area (Å²) >= 11 is 0. The average molecular weight is 183 g/mol. The van der Waals surface area contributed by atoms with Gasteiger partial charge in [0.1, 0.15) is 11.4 Å². The molecule has 13 heavy (non-hydrogen) atoms. The van der Waals surface area contributed by atoms with Crippen molar-refractivity contribution in [1.82, 2.24) is 0 Å².